The van der Waals surface area contributed by atoms with Crippen molar-refractivity contribution in [2.45, 2.75) is 33.2 Å². The Morgan fingerprint density at radius 2 is 1.96 bits per heavy atom. The van der Waals surface area contributed by atoms with Crippen LogP contribution >= 0.6 is 0 Å². The number of rotatable bonds is 2. The SMILES string of the molecule is Cc1ccc(C(=O)Nc2ccn(C(C)(C)C)n2)cc1C#Cc1cccnc1. The van der Waals surface area contributed by atoms with E-state index < -0.39 is 0 Å². The minimum Gasteiger partial charge on any atom is -0.305 e. The second-order valence-electron chi connectivity index (χ2n) is 7.29. The molecule has 2 aromatic heterocycles. The van der Waals surface area contributed by atoms with Crippen molar-refractivity contribution < 1.29 is 4.79 Å². The van der Waals surface area contributed by atoms with Gasteiger partial charge in [-0.05, 0) is 57.5 Å². The number of carbonyl (C=O) groups is 1. The van der Waals surface area contributed by atoms with Crippen LogP contribution in [0.25, 0.3) is 0 Å². The number of amides is 1. The lowest BCUT2D eigenvalue weighted by molar-refractivity contribution is 0.102. The molecule has 0 radical (unpaired) electrons. The van der Waals surface area contributed by atoms with E-state index in [2.05, 4.69) is 48.0 Å². The zero-order valence-electron chi connectivity index (χ0n) is 15.9. The molecule has 0 unspecified atom stereocenters. The molecule has 1 N–H and O–H groups in total. The minimum absolute atomic E-state index is 0.137. The molecule has 136 valence electrons. The molecule has 0 aliphatic carbocycles. The van der Waals surface area contributed by atoms with Gasteiger partial charge in [0.15, 0.2) is 5.82 Å². The van der Waals surface area contributed by atoms with Gasteiger partial charge in [0.2, 0.25) is 0 Å². The Balaban J connectivity index is 1.80. The Morgan fingerprint density at radius 3 is 2.63 bits per heavy atom. The summed E-state index contributed by atoms with van der Waals surface area (Å²) in [4.78, 5) is 16.6. The number of benzene rings is 1. The quantitative estimate of drug-likeness (QED) is 0.705. The number of hydrogen-bond acceptors (Lipinski definition) is 3. The van der Waals surface area contributed by atoms with Crippen LogP contribution < -0.4 is 5.32 Å². The van der Waals surface area contributed by atoms with Crippen molar-refractivity contribution in [3.63, 3.8) is 0 Å². The van der Waals surface area contributed by atoms with Crippen molar-refractivity contribution in [1.82, 2.24) is 14.8 Å². The zero-order chi connectivity index (χ0) is 19.4. The van der Waals surface area contributed by atoms with Crippen LogP contribution in [0.3, 0.4) is 0 Å². The summed E-state index contributed by atoms with van der Waals surface area (Å²) < 4.78 is 1.82. The molecule has 0 aliphatic rings. The molecule has 0 bridgehead atoms. The average molecular weight is 358 g/mol. The largest absolute Gasteiger partial charge is 0.305 e. The fraction of sp³-hybridized carbons (Fsp3) is 0.227. The van der Waals surface area contributed by atoms with E-state index >= 15 is 0 Å². The van der Waals surface area contributed by atoms with Gasteiger partial charge in [-0.3, -0.25) is 14.5 Å². The molecule has 1 aromatic carbocycles. The van der Waals surface area contributed by atoms with Crippen LogP contribution in [0.15, 0.2) is 55.0 Å². The van der Waals surface area contributed by atoms with Gasteiger partial charge < -0.3 is 5.32 Å². The fourth-order valence-corrected chi connectivity index (χ4v) is 2.43. The number of hydrogen-bond donors (Lipinski definition) is 1. The van der Waals surface area contributed by atoms with Gasteiger partial charge in [-0.1, -0.05) is 17.9 Å². The monoisotopic (exact) mass is 358 g/mol. The average Bonchev–Trinajstić information content (AvgIpc) is 3.11. The summed E-state index contributed by atoms with van der Waals surface area (Å²) in [5.74, 6) is 6.52. The molecule has 1 amide bonds. The predicted molar refractivity (Wildman–Crippen MR) is 107 cm³/mol. The molecule has 5 heteroatoms. The maximum Gasteiger partial charge on any atom is 0.256 e. The highest BCUT2D eigenvalue weighted by Crippen LogP contribution is 2.16. The van der Waals surface area contributed by atoms with Crippen molar-refractivity contribution in [2.75, 3.05) is 5.32 Å². The lowest BCUT2D eigenvalue weighted by atomic mass is 10.0. The van der Waals surface area contributed by atoms with Gasteiger partial charge in [-0.25, -0.2) is 0 Å². The summed E-state index contributed by atoms with van der Waals surface area (Å²) in [6.45, 7) is 8.14. The Labute approximate surface area is 159 Å². The first-order chi connectivity index (χ1) is 12.8. The standard InChI is InChI=1S/C22H22N4O/c1-16-7-9-19(14-18(16)10-8-17-6-5-12-23-15-17)21(27)24-20-11-13-26(25-20)22(2,3)4/h5-7,9,11-15H,1-4H3,(H,24,25,27). The molecule has 27 heavy (non-hydrogen) atoms. The van der Waals surface area contributed by atoms with Crippen molar-refractivity contribution >= 4 is 11.7 Å². The first kappa shape index (κ1) is 18.4. The molecule has 0 aliphatic heterocycles. The second-order valence-corrected chi connectivity index (χ2v) is 7.29. The highest BCUT2D eigenvalue weighted by molar-refractivity contribution is 6.04. The number of pyridine rings is 1. The summed E-state index contributed by atoms with van der Waals surface area (Å²) in [7, 11) is 0. The van der Waals surface area contributed by atoms with Gasteiger partial charge >= 0.3 is 0 Å². The Bertz CT molecular complexity index is 1020. The lowest BCUT2D eigenvalue weighted by Gasteiger charge is -2.18. The Kier molecular flexibility index (Phi) is 5.09. The molecule has 5 nitrogen and oxygen atoms in total. The molecule has 0 atom stereocenters. The lowest BCUT2D eigenvalue weighted by Crippen LogP contribution is -2.22. The van der Waals surface area contributed by atoms with Gasteiger partial charge in [0.05, 0.1) is 5.54 Å². The molecule has 0 saturated carbocycles. The number of nitrogens with zero attached hydrogens (tertiary/aromatic N) is 3. The topological polar surface area (TPSA) is 59.8 Å². The van der Waals surface area contributed by atoms with Gasteiger partial charge in [0.25, 0.3) is 5.91 Å². The van der Waals surface area contributed by atoms with Crippen molar-refractivity contribution in [2.24, 2.45) is 0 Å². The van der Waals surface area contributed by atoms with E-state index in [-0.39, 0.29) is 11.4 Å². The van der Waals surface area contributed by atoms with E-state index in [4.69, 9.17) is 0 Å². The van der Waals surface area contributed by atoms with E-state index in [1.165, 1.54) is 0 Å². The van der Waals surface area contributed by atoms with Gasteiger partial charge in [0, 0.05) is 41.3 Å². The highest BCUT2D eigenvalue weighted by Gasteiger charge is 2.15. The third-order valence-electron chi connectivity index (χ3n) is 4.02. The Hall–Kier alpha value is -3.39. The van der Waals surface area contributed by atoms with Crippen LogP contribution in [0.2, 0.25) is 0 Å². The predicted octanol–water partition coefficient (Wildman–Crippen LogP) is 3.99. The maximum absolute atomic E-state index is 12.6. The van der Waals surface area contributed by atoms with Gasteiger partial charge in [0.1, 0.15) is 0 Å². The number of carbonyl (C=O) groups excluding carboxylic acids is 1. The summed E-state index contributed by atoms with van der Waals surface area (Å²) in [5, 5.41) is 7.25. The zero-order valence-corrected chi connectivity index (χ0v) is 15.9. The summed E-state index contributed by atoms with van der Waals surface area (Å²) in [5.41, 5.74) is 3.06. The third kappa shape index (κ3) is 4.62. The van der Waals surface area contributed by atoms with E-state index in [9.17, 15) is 4.79 Å². The van der Waals surface area contributed by atoms with Gasteiger partial charge in [-0.15, -0.1) is 0 Å². The molecule has 0 fully saturated rings. The third-order valence-corrected chi connectivity index (χ3v) is 4.02. The van der Waals surface area contributed by atoms with Gasteiger partial charge in [-0.2, -0.15) is 5.10 Å². The van der Waals surface area contributed by atoms with E-state index in [0.717, 1.165) is 16.7 Å². The van der Waals surface area contributed by atoms with Crippen molar-refractivity contribution in [1.29, 1.82) is 0 Å². The summed E-state index contributed by atoms with van der Waals surface area (Å²) in [6, 6.07) is 11.0. The fourth-order valence-electron chi connectivity index (χ4n) is 2.43. The molecule has 3 rings (SSSR count). The van der Waals surface area contributed by atoms with Crippen LogP contribution in [0.1, 0.15) is 47.8 Å². The van der Waals surface area contributed by atoms with E-state index in [0.29, 0.717) is 11.4 Å². The number of aryl methyl sites for hydroxylation is 1. The normalized spacial score (nSPS) is 10.8. The Morgan fingerprint density at radius 1 is 1.15 bits per heavy atom. The van der Waals surface area contributed by atoms with E-state index in [1.54, 1.807) is 30.6 Å². The summed E-state index contributed by atoms with van der Waals surface area (Å²) in [6.07, 6.45) is 5.28. The highest BCUT2D eigenvalue weighted by atomic mass is 16.1. The maximum atomic E-state index is 12.6. The number of nitrogens with one attached hydrogen (secondary N) is 1. The van der Waals surface area contributed by atoms with Crippen LogP contribution in [0.5, 0.6) is 0 Å². The smallest absolute Gasteiger partial charge is 0.256 e. The molecular formula is C22H22N4O. The van der Waals surface area contributed by atoms with Crippen LogP contribution in [-0.4, -0.2) is 20.7 Å². The molecular weight excluding hydrogens is 336 g/mol. The van der Waals surface area contributed by atoms with Crippen LogP contribution in [0.4, 0.5) is 5.82 Å². The summed E-state index contributed by atoms with van der Waals surface area (Å²) >= 11 is 0. The number of aromatic nitrogens is 3. The first-order valence-electron chi connectivity index (χ1n) is 8.73. The first-order valence-corrected chi connectivity index (χ1v) is 8.73. The molecule has 0 saturated heterocycles. The van der Waals surface area contributed by atoms with E-state index in [1.807, 2.05) is 36.0 Å². The van der Waals surface area contributed by atoms with Crippen LogP contribution in [0, 0.1) is 18.8 Å². The second kappa shape index (κ2) is 7.46. The van der Waals surface area contributed by atoms with Crippen molar-refractivity contribution in [3.8, 4) is 11.8 Å². The molecule has 0 spiro atoms. The van der Waals surface area contributed by atoms with Crippen LogP contribution in [-0.2, 0) is 5.54 Å². The minimum atomic E-state index is -0.210. The van der Waals surface area contributed by atoms with Crippen molar-refractivity contribution in [3.05, 3.63) is 77.2 Å². The molecule has 2 heterocycles. The molecule has 3 aromatic rings. The number of anilines is 1.